The SMILES string of the molecule is CC(C)(C)C1=CC(C)(C)c2cc3[cH-]c4cc5c(cc4c3cc21)C(C(C)(C)C)=CC5(C)C.CCC1[C-]=CC(C(C)(C)C)=C1.Clc1cccc([C](=[Zr+2])c2cccc(Cl)c2)c1.[Cl-].[Cl-]. The van der Waals surface area contributed by atoms with E-state index in [1.165, 1.54) is 94.4 Å². The molecule has 60 heavy (non-hydrogen) atoms. The maximum absolute atomic E-state index is 5.98. The zero-order valence-electron chi connectivity index (χ0n) is 38.1. The third-order valence-electron chi connectivity index (χ3n) is 11.9. The molecule has 0 nitrogen and oxygen atoms in total. The van der Waals surface area contributed by atoms with E-state index >= 15 is 0 Å². The zero-order valence-corrected chi connectivity index (χ0v) is 43.6. The number of hydrogen-bond donors (Lipinski definition) is 0. The molecule has 0 fully saturated rings. The normalized spacial score (nSPS) is 17.2. The second kappa shape index (κ2) is 18.4. The third kappa shape index (κ3) is 10.7. The van der Waals surface area contributed by atoms with E-state index < -0.39 is 0 Å². The van der Waals surface area contributed by atoms with Gasteiger partial charge in [-0.25, -0.2) is 6.08 Å². The average molecular weight is 956 g/mol. The summed E-state index contributed by atoms with van der Waals surface area (Å²) >= 11 is 13.3. The first-order valence-corrected chi connectivity index (χ1v) is 22.9. The maximum atomic E-state index is 5.98. The van der Waals surface area contributed by atoms with Crippen LogP contribution in [-0.2, 0) is 35.1 Å². The largest absolute Gasteiger partial charge is 1.00 e. The summed E-state index contributed by atoms with van der Waals surface area (Å²) in [7, 11) is 0. The van der Waals surface area contributed by atoms with Crippen molar-refractivity contribution in [2.75, 3.05) is 0 Å². The Labute approximate surface area is 399 Å². The van der Waals surface area contributed by atoms with Crippen molar-refractivity contribution in [1.29, 1.82) is 0 Å². The molecule has 316 valence electrons. The molecule has 0 amide bonds. The van der Waals surface area contributed by atoms with Crippen LogP contribution in [0.3, 0.4) is 0 Å². The molecular weight excluding hydrogens is 894 g/mol. The molecule has 1 unspecified atom stereocenters. The van der Waals surface area contributed by atoms with E-state index in [2.05, 4.69) is 170 Å². The quantitative estimate of drug-likeness (QED) is 0.158. The van der Waals surface area contributed by atoms with Crippen molar-refractivity contribution in [1.82, 2.24) is 0 Å². The molecular formula is C55H62Cl4Zr-2. The van der Waals surface area contributed by atoms with E-state index in [9.17, 15) is 0 Å². The van der Waals surface area contributed by atoms with Crippen LogP contribution in [0.4, 0.5) is 0 Å². The maximum Gasteiger partial charge on any atom is -1.00 e. The number of hydrogen-bond acceptors (Lipinski definition) is 0. The predicted octanol–water partition coefficient (Wildman–Crippen LogP) is 10.6. The minimum absolute atomic E-state index is 0. The van der Waals surface area contributed by atoms with Crippen LogP contribution >= 0.6 is 23.2 Å². The molecule has 1 atom stereocenters. The Kier molecular flexibility index (Phi) is 15.4. The van der Waals surface area contributed by atoms with Crippen LogP contribution in [0.25, 0.3) is 32.7 Å². The summed E-state index contributed by atoms with van der Waals surface area (Å²) in [5, 5.41) is 7.10. The van der Waals surface area contributed by atoms with E-state index in [4.69, 9.17) is 23.2 Å². The fourth-order valence-electron chi connectivity index (χ4n) is 8.56. The summed E-state index contributed by atoms with van der Waals surface area (Å²) in [5.74, 6) is 0.573. The average Bonchev–Trinajstić information content (AvgIpc) is 3.88. The van der Waals surface area contributed by atoms with Gasteiger partial charge in [0.15, 0.2) is 0 Å². The molecule has 0 saturated heterocycles. The molecule has 0 aliphatic heterocycles. The van der Waals surface area contributed by atoms with Gasteiger partial charge in [0.05, 0.1) is 0 Å². The van der Waals surface area contributed by atoms with Crippen molar-refractivity contribution in [2.45, 2.75) is 114 Å². The molecule has 0 bridgehead atoms. The second-order valence-corrected chi connectivity index (χ2v) is 22.9. The van der Waals surface area contributed by atoms with Crippen LogP contribution in [0.2, 0.25) is 10.0 Å². The molecule has 0 radical (unpaired) electrons. The van der Waals surface area contributed by atoms with Gasteiger partial charge in [-0.3, -0.25) is 6.08 Å². The van der Waals surface area contributed by atoms with E-state index in [1.54, 1.807) is 0 Å². The van der Waals surface area contributed by atoms with Crippen LogP contribution in [0.1, 0.15) is 137 Å². The topological polar surface area (TPSA) is 0 Å². The van der Waals surface area contributed by atoms with Gasteiger partial charge in [-0.05, 0) is 33.1 Å². The van der Waals surface area contributed by atoms with Gasteiger partial charge in [-0.15, -0.1) is 39.7 Å². The molecule has 8 rings (SSSR count). The monoisotopic (exact) mass is 952 g/mol. The van der Waals surface area contributed by atoms with E-state index in [1.807, 2.05) is 36.4 Å². The second-order valence-electron chi connectivity index (χ2n) is 20.8. The van der Waals surface area contributed by atoms with Crippen molar-refractivity contribution >= 4 is 59.1 Å². The summed E-state index contributed by atoms with van der Waals surface area (Å²) in [6.45, 7) is 32.4. The summed E-state index contributed by atoms with van der Waals surface area (Å²) in [4.78, 5) is 0. The van der Waals surface area contributed by atoms with Crippen molar-refractivity contribution in [3.63, 3.8) is 0 Å². The van der Waals surface area contributed by atoms with Gasteiger partial charge < -0.3 is 24.8 Å². The number of halogens is 4. The Morgan fingerprint density at radius 2 is 1.07 bits per heavy atom. The van der Waals surface area contributed by atoms with Gasteiger partial charge in [0, 0.05) is 10.8 Å². The summed E-state index contributed by atoms with van der Waals surface area (Å²) in [6, 6.07) is 28.1. The summed E-state index contributed by atoms with van der Waals surface area (Å²) in [6.07, 6.45) is 14.0. The Morgan fingerprint density at radius 3 is 1.38 bits per heavy atom. The molecule has 5 heteroatoms. The van der Waals surface area contributed by atoms with Crippen LogP contribution in [-0.4, -0.2) is 3.21 Å². The minimum Gasteiger partial charge on any atom is -1.00 e. The van der Waals surface area contributed by atoms with E-state index in [0.29, 0.717) is 11.3 Å². The number of fused-ring (bicyclic) bond motifs is 5. The fourth-order valence-corrected chi connectivity index (χ4v) is 9.70. The molecule has 0 N–H and O–H groups in total. The third-order valence-corrected chi connectivity index (χ3v) is 13.8. The number of rotatable bonds is 3. The molecule has 0 aromatic heterocycles. The molecule has 3 aliphatic rings. The van der Waals surface area contributed by atoms with Crippen LogP contribution < -0.4 is 24.8 Å². The first-order chi connectivity index (χ1) is 26.8. The van der Waals surface area contributed by atoms with Crippen molar-refractivity contribution in [2.24, 2.45) is 22.2 Å². The smallest absolute Gasteiger partial charge is 1.00 e. The zero-order chi connectivity index (χ0) is 42.7. The molecule has 5 aromatic rings. The fraction of sp³-hybridized carbons (Fsp3) is 0.382. The molecule has 0 heterocycles. The molecule has 0 saturated carbocycles. The van der Waals surface area contributed by atoms with Crippen LogP contribution in [0.15, 0.2) is 109 Å². The van der Waals surface area contributed by atoms with Crippen LogP contribution in [0, 0.1) is 28.2 Å². The Bertz CT molecular complexity index is 2380. The van der Waals surface area contributed by atoms with Crippen molar-refractivity contribution in [3.8, 4) is 0 Å². The Morgan fingerprint density at radius 1 is 0.650 bits per heavy atom. The van der Waals surface area contributed by atoms with Gasteiger partial charge in [0.25, 0.3) is 0 Å². The Hall–Kier alpha value is -2.38. The van der Waals surface area contributed by atoms with Gasteiger partial charge in [-0.1, -0.05) is 150 Å². The van der Waals surface area contributed by atoms with Crippen molar-refractivity contribution < 1.29 is 49.0 Å². The van der Waals surface area contributed by atoms with Gasteiger partial charge in [-0.2, -0.15) is 11.6 Å². The minimum atomic E-state index is 0. The number of allylic oxidation sites excluding steroid dienone is 8. The van der Waals surface area contributed by atoms with Gasteiger partial charge >= 0.3 is 120 Å². The standard InChI is InChI=1S/C31H37.C13H8Cl2.C11H17.2ClH.Zr/c1-28(2,3)26-16-30(7,8)24-12-18-11-19-13-25-23(15-21(19)20(18)14-22(24)26)27(29(4,5)6)17-31(25,9)10;14-12-5-1-3-10(8-12)7-11-4-2-6-13(15)9-11;1-5-9-6-7-10(8-9)11(2,3)4;;;/h11-17H,1-10H3;1-6,8-9H;7-9H,5H2,1-4H3;2*1H;/q-1;;-1;;;+2/p-2. The van der Waals surface area contributed by atoms with E-state index in [0.717, 1.165) is 21.2 Å². The molecule has 5 aromatic carbocycles. The van der Waals surface area contributed by atoms with E-state index in [-0.39, 0.29) is 46.5 Å². The predicted molar refractivity (Wildman–Crippen MR) is 253 cm³/mol. The summed E-state index contributed by atoms with van der Waals surface area (Å²) < 4.78 is 1.26. The molecule has 3 aliphatic carbocycles. The number of benzene rings is 4. The summed E-state index contributed by atoms with van der Waals surface area (Å²) in [5.41, 5.74) is 13.3. The molecule has 0 spiro atoms. The van der Waals surface area contributed by atoms with Gasteiger partial charge in [0.1, 0.15) is 0 Å². The Balaban J connectivity index is 0.000000229. The van der Waals surface area contributed by atoms with Gasteiger partial charge in [0.2, 0.25) is 0 Å². The van der Waals surface area contributed by atoms with Crippen LogP contribution in [0.5, 0.6) is 0 Å². The van der Waals surface area contributed by atoms with Crippen molar-refractivity contribution in [3.05, 3.63) is 158 Å². The first kappa shape index (κ1) is 50.3. The first-order valence-electron chi connectivity index (χ1n) is 20.9.